The molecule has 37 heavy (non-hydrogen) atoms. The number of aryl methyl sites for hydroxylation is 1. The van der Waals surface area contributed by atoms with Crippen molar-refractivity contribution in [3.05, 3.63) is 81.4 Å². The molecular weight excluding hydrogens is 504 g/mol. The van der Waals surface area contributed by atoms with Gasteiger partial charge in [0, 0.05) is 29.2 Å². The minimum atomic E-state index is -1.51. The summed E-state index contributed by atoms with van der Waals surface area (Å²) in [6.45, 7) is 5.11. The van der Waals surface area contributed by atoms with E-state index in [2.05, 4.69) is 5.10 Å². The molecule has 5 rings (SSSR count). The number of hydrogen-bond donors (Lipinski definition) is 2. The predicted octanol–water partition coefficient (Wildman–Crippen LogP) is 5.49. The molecule has 0 atom stereocenters. The third-order valence-corrected chi connectivity index (χ3v) is 6.99. The van der Waals surface area contributed by atoms with E-state index in [1.165, 1.54) is 10.7 Å². The number of aromatic nitrogens is 2. The molecule has 4 aromatic rings. The van der Waals surface area contributed by atoms with Gasteiger partial charge in [0.25, 0.3) is 5.91 Å². The zero-order valence-electron chi connectivity index (χ0n) is 19.9. The van der Waals surface area contributed by atoms with E-state index >= 15 is 8.78 Å². The summed E-state index contributed by atoms with van der Waals surface area (Å²) >= 11 is 6.42. The zero-order valence-corrected chi connectivity index (χ0v) is 20.7. The zero-order chi connectivity index (χ0) is 26.6. The van der Waals surface area contributed by atoms with E-state index in [1.54, 1.807) is 17.0 Å². The second-order valence-corrected chi connectivity index (χ2v) is 9.77. The lowest BCUT2D eigenvalue weighted by Gasteiger charge is -2.37. The number of halogens is 3. The van der Waals surface area contributed by atoms with Crippen molar-refractivity contribution in [3.63, 3.8) is 0 Å². The fraction of sp³-hybridized carbons (Fsp3) is 0.222. The van der Waals surface area contributed by atoms with Crippen molar-refractivity contribution < 1.29 is 28.6 Å². The van der Waals surface area contributed by atoms with E-state index in [0.29, 0.717) is 35.7 Å². The molecule has 1 fully saturated rings. The lowest BCUT2D eigenvalue weighted by molar-refractivity contribution is 0.0529. The van der Waals surface area contributed by atoms with Gasteiger partial charge in [0.1, 0.15) is 28.6 Å². The Morgan fingerprint density at radius 2 is 1.86 bits per heavy atom. The van der Waals surface area contributed by atoms with Crippen molar-refractivity contribution in [2.75, 3.05) is 13.1 Å². The number of carbonyl (C=O) groups is 2. The molecule has 0 spiro atoms. The summed E-state index contributed by atoms with van der Waals surface area (Å²) in [7, 11) is 0. The first-order valence-electron chi connectivity index (χ1n) is 11.5. The van der Waals surface area contributed by atoms with Crippen molar-refractivity contribution in [3.8, 4) is 17.0 Å². The number of benzene rings is 3. The van der Waals surface area contributed by atoms with Gasteiger partial charge >= 0.3 is 5.97 Å². The third kappa shape index (κ3) is 4.29. The number of aromatic hydroxyl groups is 1. The minimum absolute atomic E-state index is 0.0698. The van der Waals surface area contributed by atoms with Crippen molar-refractivity contribution in [2.45, 2.75) is 20.4 Å². The maximum Gasteiger partial charge on any atom is 0.339 e. The van der Waals surface area contributed by atoms with Crippen molar-refractivity contribution in [2.24, 2.45) is 5.92 Å². The fourth-order valence-corrected chi connectivity index (χ4v) is 4.95. The summed E-state index contributed by atoms with van der Waals surface area (Å²) < 4.78 is 32.1. The normalized spacial score (nSPS) is 13.7. The Bertz CT molecular complexity index is 1570. The van der Waals surface area contributed by atoms with Gasteiger partial charge in [-0.3, -0.25) is 9.48 Å². The lowest BCUT2D eigenvalue weighted by Crippen LogP contribution is -2.48. The predicted molar refractivity (Wildman–Crippen MR) is 134 cm³/mol. The molecule has 2 heterocycles. The highest BCUT2D eigenvalue weighted by atomic mass is 35.5. The standard InChI is InChI=1S/C27H22ClF2N3O4/c1-13-10-32(11-13)26(35)15-6-21(30)24-22(7-15)33(12-18-14(2)4-3-5-19(18)28)31-25(24)16-9-23(34)17(27(36)37)8-20(16)29/h3-9,13,34H,10-12H2,1-2H3,(H,36,37). The molecule has 0 radical (unpaired) electrons. The van der Waals surface area contributed by atoms with Crippen LogP contribution in [0.25, 0.3) is 22.2 Å². The summed E-state index contributed by atoms with van der Waals surface area (Å²) in [5, 5.41) is 24.2. The number of carboxylic acids is 1. The SMILES string of the molecule is Cc1cccc(Cl)c1Cn1nc(-c2cc(O)c(C(=O)O)cc2F)c2c(F)cc(C(=O)N3CC(C)C3)cc21. The first kappa shape index (κ1) is 24.7. The quantitative estimate of drug-likeness (QED) is 0.359. The Balaban J connectivity index is 1.72. The molecule has 1 amide bonds. The van der Waals surface area contributed by atoms with E-state index in [-0.39, 0.29) is 40.2 Å². The van der Waals surface area contributed by atoms with Gasteiger partial charge in [-0.25, -0.2) is 13.6 Å². The maximum atomic E-state index is 15.6. The monoisotopic (exact) mass is 525 g/mol. The van der Waals surface area contributed by atoms with Gasteiger partial charge in [0.2, 0.25) is 0 Å². The Labute approximate surface area is 215 Å². The summed E-state index contributed by atoms with van der Waals surface area (Å²) in [6.07, 6.45) is 0. The van der Waals surface area contributed by atoms with Crippen LogP contribution in [0.2, 0.25) is 5.02 Å². The van der Waals surface area contributed by atoms with Crippen LogP contribution in [0, 0.1) is 24.5 Å². The van der Waals surface area contributed by atoms with Gasteiger partial charge in [-0.2, -0.15) is 5.10 Å². The number of phenols is 1. The molecule has 0 bridgehead atoms. The summed E-state index contributed by atoms with van der Waals surface area (Å²) in [6, 6.07) is 9.53. The fourth-order valence-electron chi connectivity index (χ4n) is 4.67. The van der Waals surface area contributed by atoms with Gasteiger partial charge in [-0.15, -0.1) is 0 Å². The summed E-state index contributed by atoms with van der Waals surface area (Å²) in [5.41, 5.74) is 0.870. The number of rotatable bonds is 5. The molecular formula is C27H22ClF2N3O4. The van der Waals surface area contributed by atoms with Crippen molar-refractivity contribution in [1.82, 2.24) is 14.7 Å². The number of amides is 1. The number of hydrogen-bond acceptors (Lipinski definition) is 4. The third-order valence-electron chi connectivity index (χ3n) is 6.64. The van der Waals surface area contributed by atoms with E-state index in [0.717, 1.165) is 17.7 Å². The van der Waals surface area contributed by atoms with Crippen LogP contribution in [0.3, 0.4) is 0 Å². The number of fused-ring (bicyclic) bond motifs is 1. The van der Waals surface area contributed by atoms with Gasteiger partial charge in [-0.05, 0) is 54.3 Å². The molecule has 1 aliphatic rings. The van der Waals surface area contributed by atoms with Crippen molar-refractivity contribution >= 4 is 34.4 Å². The largest absolute Gasteiger partial charge is 0.507 e. The van der Waals surface area contributed by atoms with Gasteiger partial charge in [0.05, 0.1) is 17.4 Å². The molecule has 2 N–H and O–H groups in total. The summed E-state index contributed by atoms with van der Waals surface area (Å²) in [5.74, 6) is -3.95. The molecule has 190 valence electrons. The van der Waals surface area contributed by atoms with Gasteiger partial charge in [0.15, 0.2) is 0 Å². The second kappa shape index (κ2) is 9.15. The Hall–Kier alpha value is -3.98. The first-order valence-corrected chi connectivity index (χ1v) is 11.9. The van der Waals surface area contributed by atoms with Crippen LogP contribution in [0.1, 0.15) is 38.8 Å². The number of carboxylic acid groups (broad SMARTS) is 1. The molecule has 0 saturated carbocycles. The smallest absolute Gasteiger partial charge is 0.339 e. The highest BCUT2D eigenvalue weighted by Crippen LogP contribution is 2.37. The lowest BCUT2D eigenvalue weighted by atomic mass is 9.99. The van der Waals surface area contributed by atoms with Crippen LogP contribution >= 0.6 is 11.6 Å². The first-order chi connectivity index (χ1) is 17.5. The maximum absolute atomic E-state index is 15.6. The van der Waals surface area contributed by atoms with Crippen LogP contribution in [-0.2, 0) is 6.54 Å². The van der Waals surface area contributed by atoms with Crippen LogP contribution in [0.5, 0.6) is 5.75 Å². The molecule has 3 aromatic carbocycles. The highest BCUT2D eigenvalue weighted by Gasteiger charge is 2.30. The Morgan fingerprint density at radius 3 is 2.51 bits per heavy atom. The van der Waals surface area contributed by atoms with E-state index in [4.69, 9.17) is 11.6 Å². The van der Waals surface area contributed by atoms with E-state index < -0.39 is 28.9 Å². The molecule has 7 nitrogen and oxygen atoms in total. The highest BCUT2D eigenvalue weighted by molar-refractivity contribution is 6.31. The Morgan fingerprint density at radius 1 is 1.14 bits per heavy atom. The average molecular weight is 526 g/mol. The van der Waals surface area contributed by atoms with Crippen LogP contribution < -0.4 is 0 Å². The van der Waals surface area contributed by atoms with E-state index in [1.807, 2.05) is 19.9 Å². The second-order valence-electron chi connectivity index (χ2n) is 9.36. The van der Waals surface area contributed by atoms with Crippen LogP contribution in [-0.4, -0.2) is 49.9 Å². The van der Waals surface area contributed by atoms with Crippen molar-refractivity contribution in [1.29, 1.82) is 0 Å². The number of carbonyl (C=O) groups excluding carboxylic acids is 1. The number of nitrogens with zero attached hydrogens (tertiary/aromatic N) is 3. The van der Waals surface area contributed by atoms with Crippen LogP contribution in [0.4, 0.5) is 8.78 Å². The number of aromatic carboxylic acids is 1. The van der Waals surface area contributed by atoms with E-state index in [9.17, 15) is 19.8 Å². The molecule has 0 aliphatic carbocycles. The topological polar surface area (TPSA) is 95.7 Å². The van der Waals surface area contributed by atoms with Gasteiger partial charge < -0.3 is 15.1 Å². The molecule has 10 heteroatoms. The van der Waals surface area contributed by atoms with Crippen LogP contribution in [0.15, 0.2) is 42.5 Å². The summed E-state index contributed by atoms with van der Waals surface area (Å²) in [4.78, 5) is 25.9. The Kier molecular flexibility index (Phi) is 6.11. The molecule has 1 saturated heterocycles. The average Bonchev–Trinajstić information content (AvgIpc) is 3.18. The molecule has 1 aromatic heterocycles. The molecule has 1 aliphatic heterocycles. The number of likely N-dealkylation sites (tertiary alicyclic amines) is 1. The molecule has 0 unspecified atom stereocenters. The van der Waals surface area contributed by atoms with Gasteiger partial charge in [-0.1, -0.05) is 30.7 Å². The minimum Gasteiger partial charge on any atom is -0.507 e.